The summed E-state index contributed by atoms with van der Waals surface area (Å²) in [6.45, 7) is 0. The molecule has 0 atom stereocenters. The molecule has 3 rings (SSSR count). The molecule has 1 aromatic heterocycles. The summed E-state index contributed by atoms with van der Waals surface area (Å²) >= 11 is 0. The molecular weight excluding hydrogens is 264 g/mol. The average Bonchev–Trinajstić information content (AvgIpc) is 2.53. The van der Waals surface area contributed by atoms with Crippen molar-refractivity contribution in [1.82, 2.24) is 0 Å². The molecule has 0 aliphatic rings. The number of hydrogen-bond donors (Lipinski definition) is 0. The summed E-state index contributed by atoms with van der Waals surface area (Å²) in [7, 11) is 1.54. The summed E-state index contributed by atoms with van der Waals surface area (Å²) in [6.07, 6.45) is 4.05. The van der Waals surface area contributed by atoms with Crippen molar-refractivity contribution in [1.29, 1.82) is 0 Å². The highest BCUT2D eigenvalue weighted by molar-refractivity contribution is 5.86. The van der Waals surface area contributed by atoms with E-state index in [1.54, 1.807) is 13.2 Å². The summed E-state index contributed by atoms with van der Waals surface area (Å²) < 4.78 is 10.4. The Hall–Kier alpha value is -2.81. The molecule has 0 bridgehead atoms. The van der Waals surface area contributed by atoms with Crippen molar-refractivity contribution < 1.29 is 9.15 Å². The number of fused-ring (bicyclic) bond motifs is 1. The van der Waals surface area contributed by atoms with Crippen molar-refractivity contribution >= 4 is 23.1 Å². The lowest BCUT2D eigenvalue weighted by molar-refractivity contribution is 0.413. The van der Waals surface area contributed by atoms with E-state index in [-0.39, 0.29) is 0 Å². The van der Waals surface area contributed by atoms with E-state index >= 15 is 0 Å². The van der Waals surface area contributed by atoms with Crippen LogP contribution in [0.1, 0.15) is 11.1 Å². The molecule has 0 aliphatic heterocycles. The van der Waals surface area contributed by atoms with Gasteiger partial charge >= 0.3 is 5.63 Å². The van der Waals surface area contributed by atoms with E-state index in [0.29, 0.717) is 11.3 Å². The summed E-state index contributed by atoms with van der Waals surface area (Å²) in [5.41, 5.74) is 2.26. The minimum absolute atomic E-state index is 0.410. The lowest BCUT2D eigenvalue weighted by Crippen LogP contribution is -1.98. The second-order valence-corrected chi connectivity index (χ2v) is 4.63. The number of hydrogen-bond acceptors (Lipinski definition) is 3. The number of rotatable bonds is 3. The maximum atomic E-state index is 11.4. The Kier molecular flexibility index (Phi) is 3.56. The van der Waals surface area contributed by atoms with Crippen LogP contribution < -0.4 is 10.4 Å². The molecule has 0 N–H and O–H groups in total. The molecule has 0 spiro atoms. The first kappa shape index (κ1) is 13.2. The maximum absolute atomic E-state index is 11.4. The number of methoxy groups -OCH3 is 1. The van der Waals surface area contributed by atoms with Gasteiger partial charge in [-0.1, -0.05) is 48.6 Å². The van der Waals surface area contributed by atoms with Crippen LogP contribution in [0.4, 0.5) is 0 Å². The van der Waals surface area contributed by atoms with Crippen molar-refractivity contribution in [2.75, 3.05) is 7.11 Å². The van der Waals surface area contributed by atoms with E-state index in [2.05, 4.69) is 0 Å². The standard InChI is InChI=1S/C18H14O3/c1-20-17-12-18(19)21-16-10-9-14(11-15(16)17)8-7-13-5-3-2-4-6-13/h2-12H,1H3/b8-7+. The van der Waals surface area contributed by atoms with Crippen LogP contribution in [-0.2, 0) is 0 Å². The van der Waals surface area contributed by atoms with Crippen molar-refractivity contribution in [3.05, 3.63) is 76.1 Å². The van der Waals surface area contributed by atoms with Gasteiger partial charge in [-0.15, -0.1) is 0 Å². The lowest BCUT2D eigenvalue weighted by atomic mass is 10.1. The van der Waals surface area contributed by atoms with E-state index in [1.165, 1.54) is 6.07 Å². The number of ether oxygens (including phenoxy) is 1. The molecule has 3 aromatic rings. The molecule has 104 valence electrons. The third-order valence-electron chi connectivity index (χ3n) is 3.22. The van der Waals surface area contributed by atoms with Crippen molar-refractivity contribution in [3.8, 4) is 5.75 Å². The van der Waals surface area contributed by atoms with Gasteiger partial charge in [0.05, 0.1) is 18.6 Å². The first-order chi connectivity index (χ1) is 10.3. The fourth-order valence-corrected chi connectivity index (χ4v) is 2.18. The van der Waals surface area contributed by atoms with E-state index in [4.69, 9.17) is 9.15 Å². The predicted molar refractivity (Wildman–Crippen MR) is 84.4 cm³/mol. The van der Waals surface area contributed by atoms with Gasteiger partial charge in [0.2, 0.25) is 0 Å². The molecule has 0 aliphatic carbocycles. The summed E-state index contributed by atoms with van der Waals surface area (Å²) in [5, 5.41) is 0.785. The molecule has 0 saturated carbocycles. The molecule has 2 aromatic carbocycles. The molecule has 0 unspecified atom stereocenters. The van der Waals surface area contributed by atoms with E-state index in [1.807, 2.05) is 54.6 Å². The second kappa shape index (κ2) is 5.67. The molecular formula is C18H14O3. The first-order valence-corrected chi connectivity index (χ1v) is 6.61. The predicted octanol–water partition coefficient (Wildman–Crippen LogP) is 3.97. The Labute approximate surface area is 122 Å². The largest absolute Gasteiger partial charge is 0.496 e. The van der Waals surface area contributed by atoms with Crippen molar-refractivity contribution in [2.45, 2.75) is 0 Å². The van der Waals surface area contributed by atoms with Crippen molar-refractivity contribution in [3.63, 3.8) is 0 Å². The fraction of sp³-hybridized carbons (Fsp3) is 0.0556. The zero-order chi connectivity index (χ0) is 14.7. The second-order valence-electron chi connectivity index (χ2n) is 4.63. The van der Waals surface area contributed by atoms with Gasteiger partial charge in [-0.3, -0.25) is 0 Å². The molecule has 0 saturated heterocycles. The van der Waals surface area contributed by atoms with Gasteiger partial charge in [-0.25, -0.2) is 4.79 Å². The third-order valence-corrected chi connectivity index (χ3v) is 3.22. The highest BCUT2D eigenvalue weighted by atomic mass is 16.5. The number of benzene rings is 2. The van der Waals surface area contributed by atoms with E-state index in [0.717, 1.165) is 16.5 Å². The van der Waals surface area contributed by atoms with Crippen LogP contribution in [0.25, 0.3) is 23.1 Å². The molecule has 0 amide bonds. The third kappa shape index (κ3) is 2.87. The summed E-state index contributed by atoms with van der Waals surface area (Å²) in [5.74, 6) is 0.524. The minimum atomic E-state index is -0.410. The van der Waals surface area contributed by atoms with Crippen LogP contribution in [-0.4, -0.2) is 7.11 Å². The van der Waals surface area contributed by atoms with Crippen LogP contribution in [0, 0.1) is 0 Å². The topological polar surface area (TPSA) is 39.4 Å². The van der Waals surface area contributed by atoms with Gasteiger partial charge < -0.3 is 9.15 Å². The zero-order valence-electron chi connectivity index (χ0n) is 11.6. The molecule has 0 radical (unpaired) electrons. The van der Waals surface area contributed by atoms with E-state index in [9.17, 15) is 4.79 Å². The Bertz CT molecular complexity index is 845. The fourth-order valence-electron chi connectivity index (χ4n) is 2.18. The maximum Gasteiger partial charge on any atom is 0.339 e. The minimum Gasteiger partial charge on any atom is -0.496 e. The Morgan fingerprint density at radius 2 is 1.71 bits per heavy atom. The van der Waals surface area contributed by atoms with Gasteiger partial charge in [0.1, 0.15) is 11.3 Å². The molecule has 3 heteroatoms. The highest BCUT2D eigenvalue weighted by Gasteiger charge is 2.05. The van der Waals surface area contributed by atoms with Crippen molar-refractivity contribution in [2.24, 2.45) is 0 Å². The summed E-state index contributed by atoms with van der Waals surface area (Å²) in [6, 6.07) is 17.0. The summed E-state index contributed by atoms with van der Waals surface area (Å²) in [4.78, 5) is 11.4. The smallest absolute Gasteiger partial charge is 0.339 e. The molecule has 1 heterocycles. The van der Waals surface area contributed by atoms with Crippen LogP contribution in [0.15, 0.2) is 63.8 Å². The lowest BCUT2D eigenvalue weighted by Gasteiger charge is -2.04. The van der Waals surface area contributed by atoms with Gasteiger partial charge in [0.25, 0.3) is 0 Å². The van der Waals surface area contributed by atoms with Crippen LogP contribution in [0.2, 0.25) is 0 Å². The van der Waals surface area contributed by atoms with Crippen LogP contribution in [0.5, 0.6) is 5.75 Å². The quantitative estimate of drug-likeness (QED) is 0.537. The molecule has 0 fully saturated rings. The average molecular weight is 278 g/mol. The first-order valence-electron chi connectivity index (χ1n) is 6.61. The Morgan fingerprint density at radius 3 is 2.48 bits per heavy atom. The Morgan fingerprint density at radius 1 is 0.952 bits per heavy atom. The van der Waals surface area contributed by atoms with Gasteiger partial charge in [0.15, 0.2) is 0 Å². The van der Waals surface area contributed by atoms with Gasteiger partial charge in [0, 0.05) is 0 Å². The molecule has 3 nitrogen and oxygen atoms in total. The monoisotopic (exact) mass is 278 g/mol. The van der Waals surface area contributed by atoms with Crippen LogP contribution >= 0.6 is 0 Å². The SMILES string of the molecule is COc1cc(=O)oc2ccc(/C=C/c3ccccc3)cc12. The van der Waals surface area contributed by atoms with E-state index < -0.39 is 5.63 Å². The highest BCUT2D eigenvalue weighted by Crippen LogP contribution is 2.25. The van der Waals surface area contributed by atoms with Crippen LogP contribution in [0.3, 0.4) is 0 Å². The Balaban J connectivity index is 2.03. The van der Waals surface area contributed by atoms with Gasteiger partial charge in [-0.05, 0) is 23.3 Å². The normalized spacial score (nSPS) is 11.1. The molecule has 21 heavy (non-hydrogen) atoms. The zero-order valence-corrected chi connectivity index (χ0v) is 11.6. The van der Waals surface area contributed by atoms with Gasteiger partial charge in [-0.2, -0.15) is 0 Å².